The first-order valence-electron chi connectivity index (χ1n) is 13.1. The van der Waals surface area contributed by atoms with Crippen LogP contribution in [0.25, 0.3) is 10.9 Å². The minimum absolute atomic E-state index is 0.0536. The van der Waals surface area contributed by atoms with Gasteiger partial charge >= 0.3 is 0 Å². The van der Waals surface area contributed by atoms with Gasteiger partial charge in [0.1, 0.15) is 6.04 Å². The summed E-state index contributed by atoms with van der Waals surface area (Å²) in [7, 11) is 0. The number of hydrogen-bond donors (Lipinski definition) is 4. The molecule has 5 N–H and O–H groups in total. The van der Waals surface area contributed by atoms with Crippen molar-refractivity contribution in [1.29, 1.82) is 0 Å². The smallest absolute Gasteiger partial charge is 0.245 e. The van der Waals surface area contributed by atoms with Crippen LogP contribution in [0.2, 0.25) is 0 Å². The fourth-order valence-electron chi connectivity index (χ4n) is 5.32. The highest BCUT2D eigenvalue weighted by Crippen LogP contribution is 2.22. The minimum Gasteiger partial charge on any atom is -0.361 e. The molecular weight excluding hydrogens is 442 g/mol. The second-order valence-electron chi connectivity index (χ2n) is 10.2. The number of carbonyl (C=O) groups is 3. The Morgan fingerprint density at radius 2 is 1.86 bits per heavy atom. The lowest BCUT2D eigenvalue weighted by molar-refractivity contribution is -0.139. The van der Waals surface area contributed by atoms with E-state index in [0.717, 1.165) is 50.5 Å². The Hall–Kier alpha value is -2.87. The number of H-pyrrole nitrogens is 1. The van der Waals surface area contributed by atoms with Crippen molar-refractivity contribution in [2.75, 3.05) is 19.6 Å². The highest BCUT2D eigenvalue weighted by molar-refractivity contribution is 5.90. The highest BCUT2D eigenvalue weighted by atomic mass is 16.2. The molecule has 35 heavy (non-hydrogen) atoms. The molecule has 1 aliphatic carbocycles. The first kappa shape index (κ1) is 25.2. The van der Waals surface area contributed by atoms with Crippen molar-refractivity contribution >= 4 is 28.6 Å². The van der Waals surface area contributed by atoms with Crippen LogP contribution in [0.5, 0.6) is 0 Å². The second-order valence-corrected chi connectivity index (χ2v) is 10.2. The van der Waals surface area contributed by atoms with Gasteiger partial charge in [0.25, 0.3) is 0 Å². The molecule has 1 unspecified atom stereocenters. The number of para-hydroxylation sites is 1. The van der Waals surface area contributed by atoms with Crippen molar-refractivity contribution in [3.05, 3.63) is 36.0 Å². The van der Waals surface area contributed by atoms with Gasteiger partial charge in [-0.2, -0.15) is 0 Å². The second kappa shape index (κ2) is 12.2. The molecule has 8 heteroatoms. The molecule has 2 aliphatic rings. The molecule has 1 saturated carbocycles. The van der Waals surface area contributed by atoms with Gasteiger partial charge in [-0.3, -0.25) is 14.4 Å². The van der Waals surface area contributed by atoms with Crippen LogP contribution in [0.1, 0.15) is 63.4 Å². The summed E-state index contributed by atoms with van der Waals surface area (Å²) < 4.78 is 0. The number of nitrogens with one attached hydrogen (secondary N) is 3. The van der Waals surface area contributed by atoms with E-state index in [-0.39, 0.29) is 30.3 Å². The van der Waals surface area contributed by atoms with Crippen molar-refractivity contribution in [1.82, 2.24) is 20.5 Å². The van der Waals surface area contributed by atoms with E-state index in [1.807, 2.05) is 24.4 Å². The molecule has 2 heterocycles. The van der Waals surface area contributed by atoms with Crippen LogP contribution in [0.15, 0.2) is 30.5 Å². The Morgan fingerprint density at radius 1 is 1.06 bits per heavy atom. The number of rotatable bonds is 9. The topological polar surface area (TPSA) is 120 Å². The lowest BCUT2D eigenvalue weighted by Gasteiger charge is -2.27. The fraction of sp³-hybridized carbons (Fsp3) is 0.593. The molecule has 1 aromatic heterocycles. The number of nitrogens with two attached hydrogens (primary N) is 1. The number of amides is 3. The number of benzene rings is 1. The maximum absolute atomic E-state index is 13.1. The monoisotopic (exact) mass is 481 g/mol. The molecule has 4 rings (SSSR count). The summed E-state index contributed by atoms with van der Waals surface area (Å²) in [6, 6.07) is 7.88. The van der Waals surface area contributed by atoms with Crippen LogP contribution < -0.4 is 16.4 Å². The molecular formula is C27H39N5O3. The van der Waals surface area contributed by atoms with E-state index in [9.17, 15) is 14.4 Å². The highest BCUT2D eigenvalue weighted by Gasteiger charge is 2.29. The quantitative estimate of drug-likeness (QED) is 0.440. The SMILES string of the molecule is NC1CCC(CNC(=O)CN2CCCCC(NC(=O)CCCc3c[nH]c4ccccc34)C2=O)CC1. The molecule has 1 atom stereocenters. The number of aromatic nitrogens is 1. The van der Waals surface area contributed by atoms with Crippen LogP contribution in [0.3, 0.4) is 0 Å². The molecule has 8 nitrogen and oxygen atoms in total. The van der Waals surface area contributed by atoms with Gasteiger partial charge in [-0.1, -0.05) is 18.2 Å². The summed E-state index contributed by atoms with van der Waals surface area (Å²) in [5.41, 5.74) is 8.26. The molecule has 2 fully saturated rings. The molecule has 3 amide bonds. The van der Waals surface area contributed by atoms with E-state index in [0.29, 0.717) is 38.3 Å². The summed E-state index contributed by atoms with van der Waals surface area (Å²) in [5, 5.41) is 7.12. The third-order valence-electron chi connectivity index (χ3n) is 7.45. The standard InChI is InChI=1S/C27H39N5O3/c28-21-13-11-19(12-14-21)16-30-26(34)18-32-15-4-3-9-24(27(32)35)31-25(33)10-5-6-20-17-29-23-8-2-1-7-22(20)23/h1-2,7-8,17,19,21,24,29H,3-6,9-16,18,28H2,(H,30,34)(H,31,33). The summed E-state index contributed by atoms with van der Waals surface area (Å²) in [6.07, 6.45) is 10.3. The third-order valence-corrected chi connectivity index (χ3v) is 7.45. The molecule has 2 aromatic rings. The Kier molecular flexibility index (Phi) is 8.79. The van der Waals surface area contributed by atoms with Gasteiger partial charge in [-0.15, -0.1) is 0 Å². The van der Waals surface area contributed by atoms with Gasteiger partial charge in [-0.05, 0) is 75.3 Å². The van der Waals surface area contributed by atoms with Crippen LogP contribution in [0.4, 0.5) is 0 Å². The lowest BCUT2D eigenvalue weighted by atomic mass is 9.86. The average molecular weight is 482 g/mol. The average Bonchev–Trinajstić information content (AvgIpc) is 3.19. The number of hydrogen-bond acceptors (Lipinski definition) is 4. The Labute approximate surface area is 207 Å². The van der Waals surface area contributed by atoms with Crippen molar-refractivity contribution in [3.63, 3.8) is 0 Å². The molecule has 1 saturated heterocycles. The first-order valence-corrected chi connectivity index (χ1v) is 13.1. The van der Waals surface area contributed by atoms with E-state index in [1.165, 1.54) is 10.9 Å². The predicted molar refractivity (Wildman–Crippen MR) is 137 cm³/mol. The van der Waals surface area contributed by atoms with E-state index >= 15 is 0 Å². The minimum atomic E-state index is -0.550. The number of aromatic amines is 1. The fourth-order valence-corrected chi connectivity index (χ4v) is 5.32. The van der Waals surface area contributed by atoms with E-state index in [1.54, 1.807) is 4.90 Å². The van der Waals surface area contributed by atoms with Crippen molar-refractivity contribution < 1.29 is 14.4 Å². The molecule has 190 valence electrons. The van der Waals surface area contributed by atoms with E-state index in [2.05, 4.69) is 21.7 Å². The zero-order valence-electron chi connectivity index (χ0n) is 20.6. The lowest BCUT2D eigenvalue weighted by Crippen LogP contribution is -2.50. The van der Waals surface area contributed by atoms with Gasteiger partial charge in [0, 0.05) is 42.7 Å². The molecule has 0 bridgehead atoms. The van der Waals surface area contributed by atoms with Crippen LogP contribution in [-0.2, 0) is 20.8 Å². The zero-order valence-corrected chi connectivity index (χ0v) is 20.6. The summed E-state index contributed by atoms with van der Waals surface area (Å²) >= 11 is 0. The summed E-state index contributed by atoms with van der Waals surface area (Å²) in [4.78, 5) is 43.1. The van der Waals surface area contributed by atoms with Crippen molar-refractivity contribution in [2.45, 2.75) is 76.3 Å². The Bertz CT molecular complexity index is 1010. The van der Waals surface area contributed by atoms with E-state index < -0.39 is 6.04 Å². The number of likely N-dealkylation sites (tertiary alicyclic amines) is 1. The van der Waals surface area contributed by atoms with Gasteiger partial charge in [0.05, 0.1) is 6.54 Å². The summed E-state index contributed by atoms with van der Waals surface area (Å²) in [5.74, 6) is 0.0880. The molecule has 0 radical (unpaired) electrons. The third kappa shape index (κ3) is 7.07. The number of carbonyl (C=O) groups excluding carboxylic acids is 3. The van der Waals surface area contributed by atoms with Gasteiger partial charge in [0.2, 0.25) is 17.7 Å². The summed E-state index contributed by atoms with van der Waals surface area (Å²) in [6.45, 7) is 1.25. The number of fused-ring (bicyclic) bond motifs is 1. The number of nitrogens with zero attached hydrogens (tertiary/aromatic N) is 1. The molecule has 1 aromatic carbocycles. The first-order chi connectivity index (χ1) is 17.0. The van der Waals surface area contributed by atoms with Crippen LogP contribution in [-0.4, -0.2) is 59.3 Å². The molecule has 1 aliphatic heterocycles. The van der Waals surface area contributed by atoms with Crippen molar-refractivity contribution in [2.24, 2.45) is 11.7 Å². The maximum Gasteiger partial charge on any atom is 0.245 e. The normalized spacial score (nSPS) is 23.2. The maximum atomic E-state index is 13.1. The Morgan fingerprint density at radius 3 is 2.69 bits per heavy atom. The van der Waals surface area contributed by atoms with Crippen LogP contribution in [0, 0.1) is 5.92 Å². The largest absolute Gasteiger partial charge is 0.361 e. The van der Waals surface area contributed by atoms with Gasteiger partial charge < -0.3 is 26.3 Å². The Balaban J connectivity index is 1.21. The number of aryl methyl sites for hydroxylation is 1. The van der Waals surface area contributed by atoms with E-state index in [4.69, 9.17) is 5.73 Å². The predicted octanol–water partition coefficient (Wildman–Crippen LogP) is 2.62. The molecule has 0 spiro atoms. The zero-order chi connectivity index (χ0) is 24.6. The van der Waals surface area contributed by atoms with Crippen LogP contribution >= 0.6 is 0 Å². The van der Waals surface area contributed by atoms with Gasteiger partial charge in [0.15, 0.2) is 0 Å². The van der Waals surface area contributed by atoms with Crippen molar-refractivity contribution in [3.8, 4) is 0 Å². The van der Waals surface area contributed by atoms with Gasteiger partial charge in [-0.25, -0.2) is 0 Å².